The molecule has 2 saturated heterocycles. The molecule has 1 N–H and O–H groups in total. The predicted octanol–water partition coefficient (Wildman–Crippen LogP) is 2.64. The summed E-state index contributed by atoms with van der Waals surface area (Å²) in [7, 11) is 0. The topological polar surface area (TPSA) is 38.8 Å². The van der Waals surface area contributed by atoms with Gasteiger partial charge in [-0.05, 0) is 37.9 Å². The zero-order chi connectivity index (χ0) is 18.2. The summed E-state index contributed by atoms with van der Waals surface area (Å²) in [4.78, 5) is 19.9. The highest BCUT2D eigenvalue weighted by Crippen LogP contribution is 2.14. The summed E-state index contributed by atoms with van der Waals surface area (Å²) in [6.07, 6.45) is 3.23. The second kappa shape index (κ2) is 13.4. The van der Waals surface area contributed by atoms with Crippen LogP contribution in [-0.2, 0) is 11.3 Å². The van der Waals surface area contributed by atoms with E-state index in [1.165, 1.54) is 5.56 Å². The van der Waals surface area contributed by atoms with E-state index < -0.39 is 0 Å². The number of nitrogens with one attached hydrogen (secondary N) is 1. The molecule has 0 aliphatic carbocycles. The monoisotopic (exact) mass is 430 g/mol. The number of nitrogens with zero attached hydrogens (tertiary/aromatic N) is 3. The number of carbonyl (C=O) groups is 1. The van der Waals surface area contributed by atoms with E-state index in [0.29, 0.717) is 18.5 Å². The summed E-state index contributed by atoms with van der Waals surface area (Å²) in [6, 6.07) is 11.1. The average Bonchev–Trinajstić information content (AvgIpc) is 2.69. The Hall–Kier alpha value is -0.850. The Kier molecular flexibility index (Phi) is 12.0. The van der Waals surface area contributed by atoms with Crippen molar-refractivity contribution in [2.24, 2.45) is 0 Å². The Morgan fingerprint density at radius 3 is 2.25 bits per heavy atom. The van der Waals surface area contributed by atoms with Gasteiger partial charge in [0.25, 0.3) is 0 Å². The van der Waals surface area contributed by atoms with Crippen LogP contribution in [0.4, 0.5) is 0 Å². The van der Waals surface area contributed by atoms with Crippen LogP contribution in [0.2, 0.25) is 0 Å². The predicted molar refractivity (Wildman–Crippen MR) is 121 cm³/mol. The number of piperidine rings is 1. The Balaban J connectivity index is 0.00000196. The zero-order valence-corrected chi connectivity index (χ0v) is 18.6. The molecule has 2 fully saturated rings. The van der Waals surface area contributed by atoms with E-state index in [4.69, 9.17) is 0 Å². The number of rotatable bonds is 7. The highest BCUT2D eigenvalue weighted by molar-refractivity contribution is 5.85. The van der Waals surface area contributed by atoms with Crippen molar-refractivity contribution in [3.8, 4) is 0 Å². The number of hydrogen-bond acceptors (Lipinski definition) is 4. The smallest absolute Gasteiger partial charge is 0.236 e. The minimum atomic E-state index is 0. The fourth-order valence-electron chi connectivity index (χ4n) is 4.10. The van der Waals surface area contributed by atoms with Gasteiger partial charge in [0.05, 0.1) is 6.54 Å². The third-order valence-corrected chi connectivity index (χ3v) is 5.61. The lowest BCUT2D eigenvalue weighted by atomic mass is 10.0. The largest absolute Gasteiger partial charge is 0.339 e. The lowest BCUT2D eigenvalue weighted by molar-refractivity contribution is -0.135. The van der Waals surface area contributed by atoms with E-state index in [2.05, 4.69) is 57.3 Å². The second-order valence-corrected chi connectivity index (χ2v) is 7.61. The van der Waals surface area contributed by atoms with Crippen molar-refractivity contribution in [3.63, 3.8) is 0 Å². The second-order valence-electron chi connectivity index (χ2n) is 7.61. The number of halogens is 2. The molecule has 5 nitrogen and oxygen atoms in total. The summed E-state index contributed by atoms with van der Waals surface area (Å²) >= 11 is 0. The van der Waals surface area contributed by atoms with Crippen LogP contribution in [0.25, 0.3) is 0 Å². The molecule has 1 aromatic carbocycles. The van der Waals surface area contributed by atoms with Gasteiger partial charge in [-0.3, -0.25) is 14.6 Å². The van der Waals surface area contributed by atoms with Gasteiger partial charge in [0.15, 0.2) is 0 Å². The Labute approximate surface area is 182 Å². The van der Waals surface area contributed by atoms with Gasteiger partial charge >= 0.3 is 0 Å². The van der Waals surface area contributed by atoms with Crippen molar-refractivity contribution in [3.05, 3.63) is 35.9 Å². The summed E-state index contributed by atoms with van der Waals surface area (Å²) in [6.45, 7) is 10.8. The molecule has 0 spiro atoms. The number of hydrogen-bond donors (Lipinski definition) is 1. The van der Waals surface area contributed by atoms with E-state index >= 15 is 0 Å². The van der Waals surface area contributed by atoms with Gasteiger partial charge in [0.2, 0.25) is 5.91 Å². The minimum Gasteiger partial charge on any atom is -0.339 e. The zero-order valence-electron chi connectivity index (χ0n) is 17.0. The van der Waals surface area contributed by atoms with Crippen LogP contribution in [0.1, 0.15) is 31.7 Å². The maximum Gasteiger partial charge on any atom is 0.236 e. The van der Waals surface area contributed by atoms with Gasteiger partial charge in [0.1, 0.15) is 0 Å². The first-order valence-corrected chi connectivity index (χ1v) is 10.2. The number of benzene rings is 1. The molecule has 0 aromatic heterocycles. The number of carbonyl (C=O) groups excluding carboxylic acids is 1. The van der Waals surface area contributed by atoms with Gasteiger partial charge in [-0.25, -0.2) is 0 Å². The van der Waals surface area contributed by atoms with Gasteiger partial charge in [0, 0.05) is 45.3 Å². The number of piperazine rings is 1. The molecule has 2 heterocycles. The van der Waals surface area contributed by atoms with Gasteiger partial charge in [-0.2, -0.15) is 0 Å². The molecule has 2 aliphatic rings. The molecule has 7 heteroatoms. The van der Waals surface area contributed by atoms with Crippen molar-refractivity contribution in [2.45, 2.75) is 38.8 Å². The molecule has 0 atom stereocenters. The van der Waals surface area contributed by atoms with Crippen LogP contribution in [0.15, 0.2) is 30.3 Å². The van der Waals surface area contributed by atoms with Crippen molar-refractivity contribution >= 4 is 30.7 Å². The normalized spacial score (nSPS) is 18.8. The Morgan fingerprint density at radius 1 is 1.04 bits per heavy atom. The van der Waals surface area contributed by atoms with Crippen molar-refractivity contribution < 1.29 is 4.79 Å². The van der Waals surface area contributed by atoms with Crippen LogP contribution < -0.4 is 5.32 Å². The molecule has 3 rings (SSSR count). The Morgan fingerprint density at radius 2 is 1.64 bits per heavy atom. The maximum atomic E-state index is 12.9. The van der Waals surface area contributed by atoms with Crippen molar-refractivity contribution in [1.82, 2.24) is 20.0 Å². The van der Waals surface area contributed by atoms with E-state index in [9.17, 15) is 4.79 Å². The third-order valence-electron chi connectivity index (χ3n) is 5.61. The fourth-order valence-corrected chi connectivity index (χ4v) is 4.10. The Bertz CT molecular complexity index is 547. The van der Waals surface area contributed by atoms with E-state index in [-0.39, 0.29) is 24.8 Å². The first kappa shape index (κ1) is 25.2. The van der Waals surface area contributed by atoms with Crippen LogP contribution in [0.5, 0.6) is 0 Å². The molecule has 1 amide bonds. The summed E-state index contributed by atoms with van der Waals surface area (Å²) < 4.78 is 0. The molecule has 0 bridgehead atoms. The van der Waals surface area contributed by atoms with Crippen LogP contribution in [0, 0.1) is 0 Å². The van der Waals surface area contributed by atoms with Crippen LogP contribution in [-0.4, -0.2) is 79.0 Å². The first-order valence-electron chi connectivity index (χ1n) is 10.2. The third kappa shape index (κ3) is 7.53. The molecular formula is C21H36Cl2N4O. The van der Waals surface area contributed by atoms with Crippen molar-refractivity contribution in [2.75, 3.05) is 52.4 Å². The lowest BCUT2D eigenvalue weighted by Crippen LogP contribution is -2.53. The summed E-state index contributed by atoms with van der Waals surface area (Å²) in [5.41, 5.74) is 1.37. The first-order chi connectivity index (χ1) is 12.8. The molecule has 0 saturated carbocycles. The quantitative estimate of drug-likeness (QED) is 0.721. The van der Waals surface area contributed by atoms with E-state index in [0.717, 1.165) is 71.6 Å². The van der Waals surface area contributed by atoms with Gasteiger partial charge in [-0.15, -0.1) is 24.8 Å². The van der Waals surface area contributed by atoms with E-state index in [1.54, 1.807) is 0 Å². The maximum absolute atomic E-state index is 12.9. The lowest BCUT2D eigenvalue weighted by Gasteiger charge is -2.38. The molecule has 28 heavy (non-hydrogen) atoms. The van der Waals surface area contributed by atoms with E-state index in [1.807, 2.05) is 0 Å². The van der Waals surface area contributed by atoms with Crippen LogP contribution >= 0.6 is 24.8 Å². The van der Waals surface area contributed by atoms with Gasteiger partial charge in [-0.1, -0.05) is 37.3 Å². The fraction of sp³-hybridized carbons (Fsp3) is 0.667. The molecule has 0 unspecified atom stereocenters. The number of amides is 1. The molecular weight excluding hydrogens is 395 g/mol. The average molecular weight is 431 g/mol. The highest BCUT2D eigenvalue weighted by atomic mass is 35.5. The summed E-state index contributed by atoms with van der Waals surface area (Å²) in [5, 5.41) is 3.40. The van der Waals surface area contributed by atoms with Crippen LogP contribution in [0.3, 0.4) is 0 Å². The highest BCUT2D eigenvalue weighted by Gasteiger charge is 2.27. The SMILES string of the molecule is CCCN(C(=O)CN1CCN(Cc2ccccc2)CC1)C1CCNCC1.Cl.Cl. The van der Waals surface area contributed by atoms with Crippen molar-refractivity contribution in [1.29, 1.82) is 0 Å². The molecule has 1 aromatic rings. The summed E-state index contributed by atoms with van der Waals surface area (Å²) in [5.74, 6) is 0.329. The molecule has 0 radical (unpaired) electrons. The molecule has 2 aliphatic heterocycles. The standard InChI is InChI=1S/C21H34N4O.2ClH/c1-2-12-25(20-8-10-22-11-9-20)21(26)18-24-15-13-23(14-16-24)17-19-6-4-3-5-7-19;;/h3-7,20,22H,2,8-18H2,1H3;2*1H. The van der Waals surface area contributed by atoms with Gasteiger partial charge < -0.3 is 10.2 Å². The molecule has 160 valence electrons. The minimum absolute atomic E-state index is 0.